The Morgan fingerprint density at radius 2 is 2.33 bits per heavy atom. The monoisotopic (exact) mass is 222 g/mol. The molecule has 0 aliphatic rings. The number of rotatable bonds is 6. The fourth-order valence-electron chi connectivity index (χ4n) is 1.35. The lowest BCUT2D eigenvalue weighted by Gasteiger charge is -2.13. The molecule has 0 aromatic carbocycles. The fraction of sp³-hybridized carbons (Fsp3) is 0.583. The Morgan fingerprint density at radius 3 is 2.87 bits per heavy atom. The third-order valence-corrected chi connectivity index (χ3v) is 3.40. The van der Waals surface area contributed by atoms with Crippen LogP contribution < -0.4 is 5.32 Å². The second-order valence-corrected chi connectivity index (χ2v) is 5.05. The van der Waals surface area contributed by atoms with Crippen LogP contribution in [0.1, 0.15) is 18.7 Å². The van der Waals surface area contributed by atoms with Crippen LogP contribution in [0, 0.1) is 23.2 Å². The summed E-state index contributed by atoms with van der Waals surface area (Å²) in [5, 5.41) is 14.3. The summed E-state index contributed by atoms with van der Waals surface area (Å²) in [6, 6.07) is 6.56. The molecule has 1 unspecified atom stereocenters. The van der Waals surface area contributed by atoms with E-state index in [0.29, 0.717) is 5.92 Å². The SMILES string of the molecule is CC(C)C(C#N)CNCCc1cccs1. The lowest BCUT2D eigenvalue weighted by atomic mass is 9.98. The highest BCUT2D eigenvalue weighted by Crippen LogP contribution is 2.09. The molecule has 0 saturated carbocycles. The van der Waals surface area contributed by atoms with E-state index in [9.17, 15) is 0 Å². The third-order valence-electron chi connectivity index (χ3n) is 2.46. The topological polar surface area (TPSA) is 35.8 Å². The number of nitriles is 1. The highest BCUT2D eigenvalue weighted by atomic mass is 32.1. The van der Waals surface area contributed by atoms with E-state index >= 15 is 0 Å². The standard InChI is InChI=1S/C12H18N2S/c1-10(2)11(8-13)9-14-6-5-12-4-3-7-15-12/h3-4,7,10-11,14H,5-6,9H2,1-2H3. The van der Waals surface area contributed by atoms with Crippen LogP contribution in [-0.2, 0) is 6.42 Å². The summed E-state index contributed by atoms with van der Waals surface area (Å²) in [5.41, 5.74) is 0. The first kappa shape index (κ1) is 12.2. The van der Waals surface area contributed by atoms with Crippen LogP contribution in [0.3, 0.4) is 0 Å². The zero-order chi connectivity index (χ0) is 11.1. The summed E-state index contributed by atoms with van der Waals surface area (Å²) in [5.74, 6) is 0.567. The molecule has 0 aliphatic carbocycles. The van der Waals surface area contributed by atoms with E-state index in [1.807, 2.05) is 0 Å². The van der Waals surface area contributed by atoms with Crippen molar-refractivity contribution in [3.63, 3.8) is 0 Å². The summed E-state index contributed by atoms with van der Waals surface area (Å²) >= 11 is 1.79. The molecular weight excluding hydrogens is 204 g/mol. The van der Waals surface area contributed by atoms with Gasteiger partial charge in [-0.3, -0.25) is 0 Å². The van der Waals surface area contributed by atoms with Crippen LogP contribution >= 0.6 is 11.3 Å². The first-order valence-corrected chi connectivity index (χ1v) is 6.24. The molecular formula is C12H18N2S. The summed E-state index contributed by atoms with van der Waals surface area (Å²) in [6.07, 6.45) is 1.06. The minimum atomic E-state index is 0.133. The van der Waals surface area contributed by atoms with E-state index < -0.39 is 0 Å². The Labute approximate surface area is 95.9 Å². The van der Waals surface area contributed by atoms with Gasteiger partial charge in [-0.2, -0.15) is 5.26 Å². The van der Waals surface area contributed by atoms with Crippen molar-refractivity contribution in [3.05, 3.63) is 22.4 Å². The third kappa shape index (κ3) is 4.46. The highest BCUT2D eigenvalue weighted by molar-refractivity contribution is 7.09. The normalized spacial score (nSPS) is 12.7. The van der Waals surface area contributed by atoms with Gasteiger partial charge in [-0.15, -0.1) is 11.3 Å². The minimum absolute atomic E-state index is 0.133. The Morgan fingerprint density at radius 1 is 1.53 bits per heavy atom. The van der Waals surface area contributed by atoms with Crippen molar-refractivity contribution in [3.8, 4) is 6.07 Å². The molecule has 82 valence electrons. The van der Waals surface area contributed by atoms with E-state index in [1.165, 1.54) is 4.88 Å². The number of hydrogen-bond donors (Lipinski definition) is 1. The predicted molar refractivity (Wildman–Crippen MR) is 64.8 cm³/mol. The maximum absolute atomic E-state index is 8.89. The molecule has 0 aliphatic heterocycles. The van der Waals surface area contributed by atoms with Crippen molar-refractivity contribution < 1.29 is 0 Å². The number of nitrogens with one attached hydrogen (secondary N) is 1. The zero-order valence-electron chi connectivity index (χ0n) is 9.36. The van der Waals surface area contributed by atoms with Crippen LogP contribution in [0.25, 0.3) is 0 Å². The van der Waals surface area contributed by atoms with E-state index in [0.717, 1.165) is 19.5 Å². The van der Waals surface area contributed by atoms with Crippen LogP contribution in [0.5, 0.6) is 0 Å². The van der Waals surface area contributed by atoms with Gasteiger partial charge in [-0.05, 0) is 23.8 Å². The zero-order valence-corrected chi connectivity index (χ0v) is 10.2. The Balaban J connectivity index is 2.14. The summed E-state index contributed by atoms with van der Waals surface area (Å²) in [6.45, 7) is 5.95. The Hall–Kier alpha value is -0.850. The van der Waals surface area contributed by atoms with E-state index in [4.69, 9.17) is 5.26 Å². The summed E-state index contributed by atoms with van der Waals surface area (Å²) in [4.78, 5) is 1.40. The van der Waals surface area contributed by atoms with Crippen molar-refractivity contribution in [2.75, 3.05) is 13.1 Å². The van der Waals surface area contributed by atoms with E-state index in [-0.39, 0.29) is 5.92 Å². The van der Waals surface area contributed by atoms with Crippen LogP contribution in [0.4, 0.5) is 0 Å². The van der Waals surface area contributed by atoms with Crippen LogP contribution in [0.15, 0.2) is 17.5 Å². The summed E-state index contributed by atoms with van der Waals surface area (Å²) in [7, 11) is 0. The van der Waals surface area contributed by atoms with E-state index in [1.54, 1.807) is 11.3 Å². The van der Waals surface area contributed by atoms with Gasteiger partial charge in [0.2, 0.25) is 0 Å². The quantitative estimate of drug-likeness (QED) is 0.751. The molecule has 1 heterocycles. The van der Waals surface area contributed by atoms with Crippen molar-refractivity contribution >= 4 is 11.3 Å². The highest BCUT2D eigenvalue weighted by Gasteiger charge is 2.10. The van der Waals surface area contributed by atoms with Gasteiger partial charge in [0, 0.05) is 18.0 Å². The second-order valence-electron chi connectivity index (χ2n) is 4.01. The molecule has 15 heavy (non-hydrogen) atoms. The van der Waals surface area contributed by atoms with Gasteiger partial charge in [0.1, 0.15) is 0 Å². The first-order chi connectivity index (χ1) is 7.24. The van der Waals surface area contributed by atoms with Gasteiger partial charge in [0.25, 0.3) is 0 Å². The molecule has 0 radical (unpaired) electrons. The van der Waals surface area contributed by atoms with Gasteiger partial charge in [0.05, 0.1) is 12.0 Å². The molecule has 0 saturated heterocycles. The van der Waals surface area contributed by atoms with Crippen LogP contribution in [-0.4, -0.2) is 13.1 Å². The molecule has 1 aromatic rings. The molecule has 0 fully saturated rings. The minimum Gasteiger partial charge on any atom is -0.315 e. The van der Waals surface area contributed by atoms with Gasteiger partial charge in [-0.1, -0.05) is 19.9 Å². The first-order valence-electron chi connectivity index (χ1n) is 5.36. The molecule has 1 aromatic heterocycles. The lowest BCUT2D eigenvalue weighted by Crippen LogP contribution is -2.26. The Bertz CT molecular complexity index is 298. The fourth-order valence-corrected chi connectivity index (χ4v) is 2.06. The maximum atomic E-state index is 8.89. The van der Waals surface area contributed by atoms with E-state index in [2.05, 4.69) is 42.7 Å². The Kier molecular flexibility index (Phi) is 5.38. The average molecular weight is 222 g/mol. The lowest BCUT2D eigenvalue weighted by molar-refractivity contribution is 0.444. The smallest absolute Gasteiger partial charge is 0.0671 e. The van der Waals surface area contributed by atoms with Gasteiger partial charge in [-0.25, -0.2) is 0 Å². The number of thiophene rings is 1. The molecule has 0 bridgehead atoms. The summed E-state index contributed by atoms with van der Waals surface area (Å²) < 4.78 is 0. The molecule has 0 spiro atoms. The van der Waals surface area contributed by atoms with Gasteiger partial charge in [0.15, 0.2) is 0 Å². The average Bonchev–Trinajstić information content (AvgIpc) is 2.70. The van der Waals surface area contributed by atoms with Gasteiger partial charge >= 0.3 is 0 Å². The van der Waals surface area contributed by atoms with Crippen molar-refractivity contribution in [1.82, 2.24) is 5.32 Å². The molecule has 0 amide bonds. The van der Waals surface area contributed by atoms with Crippen molar-refractivity contribution in [1.29, 1.82) is 5.26 Å². The molecule has 3 heteroatoms. The molecule has 1 atom stereocenters. The van der Waals surface area contributed by atoms with Gasteiger partial charge < -0.3 is 5.32 Å². The second kappa shape index (κ2) is 6.60. The number of hydrogen-bond acceptors (Lipinski definition) is 3. The van der Waals surface area contributed by atoms with Crippen molar-refractivity contribution in [2.24, 2.45) is 11.8 Å². The predicted octanol–water partition coefficient (Wildman–Crippen LogP) is 2.68. The van der Waals surface area contributed by atoms with Crippen LogP contribution in [0.2, 0.25) is 0 Å². The largest absolute Gasteiger partial charge is 0.315 e. The maximum Gasteiger partial charge on any atom is 0.0671 e. The molecule has 1 N–H and O–H groups in total. The molecule has 2 nitrogen and oxygen atoms in total. The van der Waals surface area contributed by atoms with Crippen molar-refractivity contribution in [2.45, 2.75) is 20.3 Å². The number of nitrogens with zero attached hydrogens (tertiary/aromatic N) is 1. The molecule has 1 rings (SSSR count).